The number of hydrogen-bond acceptors (Lipinski definition) is 8. The van der Waals surface area contributed by atoms with Gasteiger partial charge in [0, 0.05) is 24.3 Å². The molecule has 0 aliphatic carbocycles. The van der Waals surface area contributed by atoms with E-state index < -0.39 is 48.0 Å². The number of hydrogen-bond donors (Lipinski definition) is 8. The molecule has 160 valence electrons. The van der Waals surface area contributed by atoms with Crippen LogP contribution in [0.3, 0.4) is 0 Å². The predicted octanol–water partition coefficient (Wildman–Crippen LogP) is -2.05. The van der Waals surface area contributed by atoms with E-state index in [1.165, 1.54) is 13.8 Å². The van der Waals surface area contributed by atoms with E-state index in [1.807, 2.05) is 0 Å². The van der Waals surface area contributed by atoms with Crippen LogP contribution in [0, 0.1) is 0 Å². The Morgan fingerprint density at radius 2 is 0.621 bits per heavy atom. The maximum Gasteiger partial charge on any atom is 2.00 e. The second kappa shape index (κ2) is 23.5. The van der Waals surface area contributed by atoms with Crippen molar-refractivity contribution in [2.75, 3.05) is 0 Å². The van der Waals surface area contributed by atoms with Crippen LogP contribution in [0.2, 0.25) is 0 Å². The summed E-state index contributed by atoms with van der Waals surface area (Å²) in [6.45, 7) is 2.39. The summed E-state index contributed by atoms with van der Waals surface area (Å²) in [4.78, 5) is 57.1. The molecule has 29 heavy (non-hydrogen) atoms. The molecule has 0 saturated carbocycles. The van der Waals surface area contributed by atoms with Gasteiger partial charge in [-0.25, -0.2) is 28.8 Å². The fourth-order valence-electron chi connectivity index (χ4n) is 0.285. The number of aliphatic carboxylic acids is 6. The van der Waals surface area contributed by atoms with Crippen molar-refractivity contribution in [2.45, 2.75) is 26.1 Å². The first kappa shape index (κ1) is 37.3. The van der Waals surface area contributed by atoms with E-state index in [0.29, 0.717) is 24.3 Å². The number of rotatable bonds is 6. The van der Waals surface area contributed by atoms with E-state index in [9.17, 15) is 28.8 Å². The minimum atomic E-state index is -1.26. The summed E-state index contributed by atoms with van der Waals surface area (Å²) in [7, 11) is 0. The number of carboxylic acid groups (broad SMARTS) is 6. The zero-order valence-corrected chi connectivity index (χ0v) is 17.4. The van der Waals surface area contributed by atoms with Gasteiger partial charge in [0.2, 0.25) is 0 Å². The van der Waals surface area contributed by atoms with E-state index >= 15 is 0 Å². The van der Waals surface area contributed by atoms with Gasteiger partial charge in [-0.3, -0.25) is 0 Å². The summed E-state index contributed by atoms with van der Waals surface area (Å²) < 4.78 is 0. The van der Waals surface area contributed by atoms with Crippen LogP contribution in [0.25, 0.3) is 0 Å². The van der Waals surface area contributed by atoms with Crippen molar-refractivity contribution in [1.82, 2.24) is 0 Å². The van der Waals surface area contributed by atoms with E-state index in [2.05, 4.69) is 0 Å². The number of aliphatic hydroxyl groups excluding tert-OH is 2. The van der Waals surface area contributed by atoms with Gasteiger partial charge in [0.1, 0.15) is 12.2 Å². The molecule has 14 nitrogen and oxygen atoms in total. The van der Waals surface area contributed by atoms with Gasteiger partial charge in [-0.15, -0.1) is 0 Å². The fraction of sp³-hybridized carbons (Fsp3) is 0.286. The van der Waals surface area contributed by atoms with Crippen molar-refractivity contribution in [3.63, 3.8) is 0 Å². The van der Waals surface area contributed by atoms with E-state index in [-0.39, 0.29) is 37.7 Å². The van der Waals surface area contributed by atoms with Crippen LogP contribution < -0.4 is 0 Å². The molecular formula is C14H20CaO14+2. The van der Waals surface area contributed by atoms with Crippen LogP contribution in [0.5, 0.6) is 0 Å². The molecule has 0 spiro atoms. The molecule has 0 saturated heterocycles. The molecule has 0 heterocycles. The van der Waals surface area contributed by atoms with E-state index in [0.717, 1.165) is 0 Å². The van der Waals surface area contributed by atoms with Crippen LogP contribution in [-0.2, 0) is 28.8 Å². The molecular weight excluding hydrogens is 432 g/mol. The van der Waals surface area contributed by atoms with E-state index in [1.54, 1.807) is 0 Å². The van der Waals surface area contributed by atoms with Gasteiger partial charge in [-0.2, -0.15) is 0 Å². The minimum absolute atomic E-state index is 0. The second-order valence-corrected chi connectivity index (χ2v) is 4.05. The summed E-state index contributed by atoms with van der Waals surface area (Å²) in [6.07, 6.45) is -0.231. The smallest absolute Gasteiger partial charge is 0.479 e. The molecule has 0 aliphatic rings. The minimum Gasteiger partial charge on any atom is -0.479 e. The molecule has 0 aromatic carbocycles. The molecule has 0 radical (unpaired) electrons. The average Bonchev–Trinajstić information content (AvgIpc) is 2.52. The van der Waals surface area contributed by atoms with Gasteiger partial charge in [-0.1, -0.05) is 0 Å². The van der Waals surface area contributed by atoms with Crippen LogP contribution in [0.1, 0.15) is 13.8 Å². The Kier molecular flexibility index (Phi) is 30.2. The zero-order chi connectivity index (χ0) is 23.4. The second-order valence-electron chi connectivity index (χ2n) is 4.05. The molecule has 2 atom stereocenters. The van der Waals surface area contributed by atoms with Crippen LogP contribution in [0.4, 0.5) is 0 Å². The Labute approximate surface area is 193 Å². The van der Waals surface area contributed by atoms with Gasteiger partial charge in [-0.05, 0) is 13.8 Å². The molecule has 0 aromatic heterocycles. The third-order valence-corrected chi connectivity index (χ3v) is 1.45. The Hall–Kier alpha value is -2.52. The molecule has 0 aliphatic heterocycles. The van der Waals surface area contributed by atoms with Gasteiger partial charge < -0.3 is 40.9 Å². The van der Waals surface area contributed by atoms with Crippen molar-refractivity contribution in [1.29, 1.82) is 0 Å². The topological polar surface area (TPSA) is 264 Å². The first-order valence-electron chi connectivity index (χ1n) is 6.64. The number of aliphatic hydroxyl groups is 2. The fourth-order valence-corrected chi connectivity index (χ4v) is 0.285. The summed E-state index contributed by atoms with van der Waals surface area (Å²) >= 11 is 0. The summed E-state index contributed by atoms with van der Waals surface area (Å²) in [6, 6.07) is 0. The third kappa shape index (κ3) is 58.6. The van der Waals surface area contributed by atoms with Gasteiger partial charge in [0.05, 0.1) is 0 Å². The van der Waals surface area contributed by atoms with Gasteiger partial charge >= 0.3 is 73.6 Å². The summed E-state index contributed by atoms with van der Waals surface area (Å²) in [5, 5.41) is 62.8. The first-order valence-corrected chi connectivity index (χ1v) is 6.64. The molecule has 0 aromatic rings. The zero-order valence-electron chi connectivity index (χ0n) is 15.2. The van der Waals surface area contributed by atoms with Crippen molar-refractivity contribution >= 4 is 73.6 Å². The SMILES string of the molecule is CC(O)C(=O)O.CC(O)C(=O)O.O=C(O)/C=C\C(=O)O.O=C(O)/C=C\C(=O)O.[Ca+2]. The normalized spacial score (nSPS) is 10.9. The van der Waals surface area contributed by atoms with Gasteiger partial charge in [0.15, 0.2) is 0 Å². The molecule has 0 amide bonds. The largest absolute Gasteiger partial charge is 2.00 e. The molecule has 0 rings (SSSR count). The van der Waals surface area contributed by atoms with Crippen molar-refractivity contribution in [3.05, 3.63) is 24.3 Å². The molecule has 0 fully saturated rings. The molecule has 0 bridgehead atoms. The van der Waals surface area contributed by atoms with E-state index in [4.69, 9.17) is 40.9 Å². The number of carboxylic acids is 6. The maximum absolute atomic E-state index is 9.55. The third-order valence-electron chi connectivity index (χ3n) is 1.45. The first-order chi connectivity index (χ1) is 12.5. The van der Waals surface area contributed by atoms with Crippen LogP contribution in [-0.4, -0.2) is 127 Å². The molecule has 15 heteroatoms. The molecule has 2 unspecified atom stereocenters. The van der Waals surface area contributed by atoms with Gasteiger partial charge in [0.25, 0.3) is 0 Å². The quantitative estimate of drug-likeness (QED) is 0.159. The van der Waals surface area contributed by atoms with Crippen molar-refractivity contribution < 1.29 is 69.6 Å². The predicted molar refractivity (Wildman–Crippen MR) is 93.2 cm³/mol. The Bertz CT molecular complexity index is 507. The summed E-state index contributed by atoms with van der Waals surface area (Å²) in [5.41, 5.74) is 0. The molecule has 8 N–H and O–H groups in total. The summed E-state index contributed by atoms with van der Waals surface area (Å²) in [5.74, 6) is -7.40. The average molecular weight is 452 g/mol. The number of carbonyl (C=O) groups is 6. The monoisotopic (exact) mass is 452 g/mol. The van der Waals surface area contributed by atoms with Crippen molar-refractivity contribution in [2.24, 2.45) is 0 Å². The van der Waals surface area contributed by atoms with Crippen LogP contribution in [0.15, 0.2) is 24.3 Å². The Morgan fingerprint density at radius 3 is 0.655 bits per heavy atom. The van der Waals surface area contributed by atoms with Crippen LogP contribution >= 0.6 is 0 Å². The van der Waals surface area contributed by atoms with Crippen molar-refractivity contribution in [3.8, 4) is 0 Å². The Morgan fingerprint density at radius 1 is 0.517 bits per heavy atom. The maximum atomic E-state index is 9.55. The Balaban J connectivity index is -0.0000000881. The standard InChI is InChI=1S/2C4H4O4.2C3H6O3.Ca/c2*5-3(6)1-2-4(7)8;2*1-2(4)3(5)6;/h2*1-2H,(H,5,6)(H,7,8);2*2,4H,1H3,(H,5,6);/q;;;;+2/b2*2-1-;;;.